The molecule has 1 atom stereocenters. The number of aromatic nitrogens is 6. The van der Waals surface area contributed by atoms with Crippen LogP contribution in [0.1, 0.15) is 46.5 Å². The van der Waals surface area contributed by atoms with Crippen molar-refractivity contribution < 1.29 is 14.0 Å². The topological polar surface area (TPSA) is 121 Å². The minimum atomic E-state index is -0.629. The number of amides is 2. The fourth-order valence-corrected chi connectivity index (χ4v) is 5.05. The number of carbonyl (C=O) groups excluding carboxylic acids is 2. The summed E-state index contributed by atoms with van der Waals surface area (Å²) in [5.41, 5.74) is 1.65. The van der Waals surface area contributed by atoms with Gasteiger partial charge in [0.2, 0.25) is 0 Å². The summed E-state index contributed by atoms with van der Waals surface area (Å²) >= 11 is 0. The highest BCUT2D eigenvalue weighted by Gasteiger charge is 2.49. The monoisotopic (exact) mass is 448 g/mol. The van der Waals surface area contributed by atoms with E-state index >= 15 is 0 Å². The molecule has 6 rings (SSSR count). The molecule has 1 saturated carbocycles. The van der Waals surface area contributed by atoms with Crippen molar-refractivity contribution >= 4 is 28.5 Å². The van der Waals surface area contributed by atoms with E-state index in [9.17, 15) is 14.0 Å². The quantitative estimate of drug-likeness (QED) is 0.492. The van der Waals surface area contributed by atoms with Crippen molar-refractivity contribution in [2.45, 2.75) is 31.7 Å². The molecule has 4 heterocycles. The van der Waals surface area contributed by atoms with Crippen molar-refractivity contribution in [2.24, 2.45) is 5.41 Å². The van der Waals surface area contributed by atoms with E-state index in [0.29, 0.717) is 23.2 Å². The number of halogens is 1. The van der Waals surface area contributed by atoms with E-state index < -0.39 is 11.7 Å². The maximum atomic E-state index is 14.7. The van der Waals surface area contributed by atoms with Crippen LogP contribution in [0.15, 0.2) is 36.7 Å². The standard InChI is InChI=1S/C22H21FN8O2/c23-15-8-17-16(26-29-27-17)7-14(15)21(33)30-12-22(3-1-4-22)10-13(30)11-25-20(32)18-9-19-24-5-2-6-31(19)28-18/h2,5-9,13H,1,3-4,10-12H2,(H,25,32)(H,26,27,29). The summed E-state index contributed by atoms with van der Waals surface area (Å²) in [6, 6.07) is 5.77. The van der Waals surface area contributed by atoms with Gasteiger partial charge in [0.15, 0.2) is 11.3 Å². The first kappa shape index (κ1) is 19.8. The Morgan fingerprint density at radius 1 is 1.21 bits per heavy atom. The molecular formula is C22H21FN8O2. The molecule has 1 aliphatic carbocycles. The van der Waals surface area contributed by atoms with Crippen LogP contribution in [-0.4, -0.2) is 65.9 Å². The fourth-order valence-electron chi connectivity index (χ4n) is 5.05. The number of likely N-dealkylation sites (tertiary alicyclic amines) is 1. The van der Waals surface area contributed by atoms with Crippen molar-refractivity contribution in [1.82, 2.24) is 40.2 Å². The minimum Gasteiger partial charge on any atom is -0.349 e. The van der Waals surface area contributed by atoms with E-state index in [1.165, 1.54) is 16.6 Å². The second-order valence-electron chi connectivity index (χ2n) is 8.95. The first-order valence-corrected chi connectivity index (χ1v) is 10.9. The van der Waals surface area contributed by atoms with Crippen molar-refractivity contribution in [1.29, 1.82) is 0 Å². The van der Waals surface area contributed by atoms with E-state index in [-0.39, 0.29) is 35.2 Å². The third-order valence-electron chi connectivity index (χ3n) is 6.89. The molecule has 2 fully saturated rings. The van der Waals surface area contributed by atoms with Crippen LogP contribution in [0.25, 0.3) is 16.7 Å². The molecule has 3 aromatic heterocycles. The zero-order valence-corrected chi connectivity index (χ0v) is 17.7. The van der Waals surface area contributed by atoms with Gasteiger partial charge in [-0.3, -0.25) is 9.59 Å². The van der Waals surface area contributed by atoms with Gasteiger partial charge in [0.1, 0.15) is 16.9 Å². The number of carbonyl (C=O) groups is 2. The second-order valence-corrected chi connectivity index (χ2v) is 8.95. The van der Waals surface area contributed by atoms with Gasteiger partial charge in [-0.15, -0.1) is 0 Å². The normalized spacial score (nSPS) is 19.3. The smallest absolute Gasteiger partial charge is 0.271 e. The number of rotatable bonds is 4. The van der Waals surface area contributed by atoms with E-state index in [4.69, 9.17) is 0 Å². The van der Waals surface area contributed by atoms with E-state index in [2.05, 4.69) is 30.8 Å². The summed E-state index contributed by atoms with van der Waals surface area (Å²) in [5, 5.41) is 17.4. The maximum absolute atomic E-state index is 14.7. The number of hydrogen-bond acceptors (Lipinski definition) is 6. The maximum Gasteiger partial charge on any atom is 0.271 e. The number of fused-ring (bicyclic) bond motifs is 2. The van der Waals surface area contributed by atoms with Crippen molar-refractivity contribution in [2.75, 3.05) is 13.1 Å². The highest BCUT2D eigenvalue weighted by molar-refractivity contribution is 5.98. The Morgan fingerprint density at radius 3 is 2.79 bits per heavy atom. The Morgan fingerprint density at radius 2 is 2.03 bits per heavy atom. The average Bonchev–Trinajstić information content (AvgIpc) is 3.52. The molecule has 168 valence electrons. The number of aromatic amines is 1. The summed E-state index contributed by atoms with van der Waals surface area (Å²) in [5.74, 6) is -1.36. The van der Waals surface area contributed by atoms with Crippen LogP contribution in [0.3, 0.4) is 0 Å². The lowest BCUT2D eigenvalue weighted by Gasteiger charge is -2.37. The van der Waals surface area contributed by atoms with Crippen molar-refractivity contribution in [3.05, 3.63) is 53.7 Å². The van der Waals surface area contributed by atoms with Gasteiger partial charge in [-0.2, -0.15) is 20.5 Å². The molecule has 2 aliphatic rings. The molecule has 4 aromatic rings. The van der Waals surface area contributed by atoms with Gasteiger partial charge < -0.3 is 10.2 Å². The van der Waals surface area contributed by atoms with Crippen LogP contribution in [0.2, 0.25) is 0 Å². The van der Waals surface area contributed by atoms with Crippen molar-refractivity contribution in [3.8, 4) is 0 Å². The number of hydrogen-bond donors (Lipinski definition) is 2. The Labute approximate surface area is 187 Å². The van der Waals surface area contributed by atoms with E-state index in [0.717, 1.165) is 25.7 Å². The number of nitrogens with one attached hydrogen (secondary N) is 2. The SMILES string of the molecule is O=C(NCC1CC2(CCC2)CN1C(=O)c1cc2n[nH]nc2cc1F)c1cc2ncccn2n1. The van der Waals surface area contributed by atoms with Crippen LogP contribution in [-0.2, 0) is 0 Å². The largest absolute Gasteiger partial charge is 0.349 e. The highest BCUT2D eigenvalue weighted by atomic mass is 19.1. The number of benzene rings is 1. The zero-order chi connectivity index (χ0) is 22.6. The van der Waals surface area contributed by atoms with Crippen molar-refractivity contribution in [3.63, 3.8) is 0 Å². The van der Waals surface area contributed by atoms with Gasteiger partial charge in [0, 0.05) is 43.7 Å². The average molecular weight is 448 g/mol. The minimum absolute atomic E-state index is 0.0319. The van der Waals surface area contributed by atoms with Gasteiger partial charge in [-0.05, 0) is 36.8 Å². The molecule has 1 saturated heterocycles. The van der Waals surface area contributed by atoms with Gasteiger partial charge in [0.25, 0.3) is 11.8 Å². The molecule has 2 amide bonds. The third-order valence-corrected chi connectivity index (χ3v) is 6.89. The summed E-state index contributed by atoms with van der Waals surface area (Å²) in [6.45, 7) is 0.822. The Bertz CT molecular complexity index is 1360. The molecule has 33 heavy (non-hydrogen) atoms. The summed E-state index contributed by atoms with van der Waals surface area (Å²) in [6.07, 6.45) is 7.31. The molecule has 0 radical (unpaired) electrons. The molecule has 0 bridgehead atoms. The Hall–Kier alpha value is -3.89. The predicted octanol–water partition coefficient (Wildman–Crippen LogP) is 1.95. The molecule has 1 spiro atoms. The van der Waals surface area contributed by atoms with Crippen LogP contribution in [0, 0.1) is 11.2 Å². The predicted molar refractivity (Wildman–Crippen MR) is 115 cm³/mol. The van der Waals surface area contributed by atoms with E-state index in [1.54, 1.807) is 29.4 Å². The second kappa shape index (κ2) is 7.32. The lowest BCUT2D eigenvalue weighted by molar-refractivity contribution is 0.0681. The van der Waals surface area contributed by atoms with Gasteiger partial charge in [-0.1, -0.05) is 6.42 Å². The third kappa shape index (κ3) is 3.31. The molecule has 1 unspecified atom stereocenters. The van der Waals surface area contributed by atoms with Gasteiger partial charge in [-0.25, -0.2) is 13.9 Å². The molecule has 1 aliphatic heterocycles. The van der Waals surface area contributed by atoms with Gasteiger partial charge >= 0.3 is 0 Å². The molecule has 11 heteroatoms. The van der Waals surface area contributed by atoms with Crippen LogP contribution in [0.5, 0.6) is 0 Å². The number of H-pyrrole nitrogens is 1. The summed E-state index contributed by atoms with van der Waals surface area (Å²) in [7, 11) is 0. The lowest BCUT2D eigenvalue weighted by Crippen LogP contribution is -2.43. The molecular weight excluding hydrogens is 427 g/mol. The lowest BCUT2D eigenvalue weighted by atomic mass is 9.67. The Balaban J connectivity index is 1.23. The number of nitrogens with zero attached hydrogens (tertiary/aromatic N) is 6. The zero-order valence-electron chi connectivity index (χ0n) is 17.7. The highest BCUT2D eigenvalue weighted by Crippen LogP contribution is 2.50. The summed E-state index contributed by atoms with van der Waals surface area (Å²) in [4.78, 5) is 32.0. The fraction of sp³-hybridized carbons (Fsp3) is 0.364. The van der Waals surface area contributed by atoms with Crippen LogP contribution in [0.4, 0.5) is 4.39 Å². The van der Waals surface area contributed by atoms with E-state index in [1.807, 2.05) is 0 Å². The first-order valence-electron chi connectivity index (χ1n) is 10.9. The summed E-state index contributed by atoms with van der Waals surface area (Å²) < 4.78 is 16.3. The van der Waals surface area contributed by atoms with Crippen LogP contribution >= 0.6 is 0 Å². The molecule has 10 nitrogen and oxygen atoms in total. The molecule has 1 aromatic carbocycles. The molecule has 2 N–H and O–H groups in total. The Kier molecular flexibility index (Phi) is 4.39. The first-order chi connectivity index (χ1) is 16.0. The van der Waals surface area contributed by atoms with Crippen LogP contribution < -0.4 is 5.32 Å². The van der Waals surface area contributed by atoms with Gasteiger partial charge in [0.05, 0.1) is 5.56 Å².